The van der Waals surface area contributed by atoms with Crippen molar-refractivity contribution in [3.05, 3.63) is 80.8 Å². The molecule has 1 aliphatic heterocycles. The normalized spacial score (nSPS) is 16.8. The molecule has 0 unspecified atom stereocenters. The molecule has 0 saturated heterocycles. The number of hydrogen-bond acceptors (Lipinski definition) is 0. The summed E-state index contributed by atoms with van der Waals surface area (Å²) in [4.78, 5) is 2.11. The molecule has 2 aromatic carbocycles. The molecule has 0 aromatic heterocycles. The van der Waals surface area contributed by atoms with Crippen LogP contribution in [0, 0.1) is 13.8 Å². The summed E-state index contributed by atoms with van der Waals surface area (Å²) in [6.07, 6.45) is 1.21. The number of benzene rings is 2. The van der Waals surface area contributed by atoms with Crippen molar-refractivity contribution >= 4 is 41.5 Å². The van der Waals surface area contributed by atoms with E-state index in [1.165, 1.54) is 46.8 Å². The van der Waals surface area contributed by atoms with Gasteiger partial charge in [-0.15, -0.1) is 0 Å². The minimum atomic E-state index is -1.92. The summed E-state index contributed by atoms with van der Waals surface area (Å²) < 4.78 is 0. The second-order valence-corrected chi connectivity index (χ2v) is 45.6. The van der Waals surface area contributed by atoms with Crippen molar-refractivity contribution in [2.75, 3.05) is 0 Å². The first kappa shape index (κ1) is 29.3. The maximum Gasteiger partial charge on any atom is 0.0909 e. The first-order chi connectivity index (χ1) is 16.8. The average Bonchev–Trinajstić information content (AvgIpc) is 3.14. The van der Waals surface area contributed by atoms with Gasteiger partial charge in [0.15, 0.2) is 0 Å². The Morgan fingerprint density at radius 2 is 1.03 bits per heavy atom. The van der Waals surface area contributed by atoms with Crippen LogP contribution >= 0.6 is 0 Å². The van der Waals surface area contributed by atoms with Crippen LogP contribution in [0.3, 0.4) is 0 Å². The van der Waals surface area contributed by atoms with E-state index in [0.29, 0.717) is 0 Å². The average molecular weight is 549 g/mol. The minimum Gasteiger partial charge on any atom is -0.0817 e. The van der Waals surface area contributed by atoms with E-state index in [1.807, 2.05) is 5.20 Å². The molecule has 1 aliphatic rings. The number of rotatable bonds is 9. The maximum absolute atomic E-state index is 2.76. The van der Waals surface area contributed by atoms with E-state index in [-0.39, 0.29) is 0 Å². The summed E-state index contributed by atoms with van der Waals surface area (Å²) in [6.45, 7) is 31.3. The molecule has 4 heteroatoms. The Bertz CT molecular complexity index is 1140. The summed E-state index contributed by atoms with van der Waals surface area (Å²) in [5, 5.41) is 1.94. The quantitative estimate of drug-likeness (QED) is 0.273. The van der Waals surface area contributed by atoms with Gasteiger partial charge in [0.05, 0.1) is 15.2 Å². The summed E-state index contributed by atoms with van der Waals surface area (Å²) >= 11 is 0. The highest BCUT2D eigenvalue weighted by Gasteiger charge is 2.65. The zero-order valence-electron chi connectivity index (χ0n) is 25.4. The Balaban J connectivity index is 2.75. The van der Waals surface area contributed by atoms with Crippen LogP contribution in [0.15, 0.2) is 58.5 Å². The Labute approximate surface area is 227 Å². The predicted octanol–water partition coefficient (Wildman–Crippen LogP) is 10.3. The molecule has 3 rings (SSSR count). The van der Waals surface area contributed by atoms with Crippen molar-refractivity contribution < 1.29 is 0 Å². The lowest BCUT2D eigenvalue weighted by molar-refractivity contribution is 1.18. The molecule has 0 saturated carbocycles. The van der Waals surface area contributed by atoms with Gasteiger partial charge in [-0.3, -0.25) is 0 Å². The van der Waals surface area contributed by atoms with Crippen molar-refractivity contribution in [3.8, 4) is 0 Å². The van der Waals surface area contributed by atoms with Gasteiger partial charge in [0.1, 0.15) is 0 Å². The molecule has 0 spiro atoms. The van der Waals surface area contributed by atoms with Crippen molar-refractivity contribution in [1.82, 2.24) is 0 Å². The molecule has 0 amide bonds. The lowest BCUT2D eigenvalue weighted by atomic mass is 9.91. The van der Waals surface area contributed by atoms with Gasteiger partial charge in [0.2, 0.25) is 0 Å². The van der Waals surface area contributed by atoms with E-state index < -0.39 is 30.4 Å². The van der Waals surface area contributed by atoms with Gasteiger partial charge in [-0.05, 0) is 42.5 Å². The zero-order valence-corrected chi connectivity index (χ0v) is 29.4. The fourth-order valence-corrected chi connectivity index (χ4v) is 75.5. The molecule has 0 atom stereocenters. The smallest absolute Gasteiger partial charge is 0.0817 e. The highest BCUT2D eigenvalue weighted by Crippen LogP contribution is 2.59. The third-order valence-electron chi connectivity index (χ3n) is 9.41. The topological polar surface area (TPSA) is 0 Å². The van der Waals surface area contributed by atoms with E-state index in [9.17, 15) is 0 Å². The Morgan fingerprint density at radius 3 is 1.36 bits per heavy atom. The third kappa shape index (κ3) is 4.50. The van der Waals surface area contributed by atoms with E-state index in [4.69, 9.17) is 0 Å². The van der Waals surface area contributed by atoms with Gasteiger partial charge < -0.3 is 0 Å². The van der Waals surface area contributed by atoms with Crippen LogP contribution in [0.25, 0.3) is 11.1 Å². The van der Waals surface area contributed by atoms with E-state index in [2.05, 4.69) is 134 Å². The predicted molar refractivity (Wildman–Crippen MR) is 176 cm³/mol. The Kier molecular flexibility index (Phi) is 8.57. The summed E-state index contributed by atoms with van der Waals surface area (Å²) in [6, 6.07) is 23.2. The molecule has 2 aromatic rings. The van der Waals surface area contributed by atoms with Crippen LogP contribution in [0.4, 0.5) is 0 Å². The molecule has 36 heavy (non-hydrogen) atoms. The van der Waals surface area contributed by atoms with Gasteiger partial charge in [0, 0.05) is 15.2 Å². The monoisotopic (exact) mass is 548 g/mol. The van der Waals surface area contributed by atoms with Crippen molar-refractivity contribution in [2.45, 2.75) is 105 Å². The summed E-state index contributed by atoms with van der Waals surface area (Å²) in [5.74, 6) is 0. The highest BCUT2D eigenvalue weighted by molar-refractivity contribution is 7.75. The van der Waals surface area contributed by atoms with E-state index in [0.717, 1.165) is 0 Å². The third-order valence-corrected chi connectivity index (χ3v) is 56.3. The molecule has 0 N–H and O–H groups in total. The highest BCUT2D eigenvalue weighted by atomic mass is 29.6. The molecule has 0 aliphatic carbocycles. The SMILES string of the molecule is CCC1=C(c2cccc(C)c2)C(c2cccc(C)c2)=C([Si](CC)(CC)CC)[Si]1([Si](C)(C)C)[Si](C)(C)C. The summed E-state index contributed by atoms with van der Waals surface area (Å²) in [7, 11) is -6.75. The van der Waals surface area contributed by atoms with Crippen LogP contribution in [-0.2, 0) is 0 Å². The Hall–Kier alpha value is -1.21. The largest absolute Gasteiger partial charge is 0.0909 e. The van der Waals surface area contributed by atoms with Gasteiger partial charge in [-0.2, -0.15) is 0 Å². The number of hydrogen-bond donors (Lipinski definition) is 0. The standard InChI is InChI=1S/C32H52Si4/c1-13-29-30(27-21-17-19-25(5)23-27)31(28-22-18-20-26(6)24-28)32(35(14-2,15-3)16-4)36(29,33(7,8)9)34(10,11)12/h17-24H,13-16H2,1-12H3. The Morgan fingerprint density at radius 1 is 0.611 bits per heavy atom. The van der Waals surface area contributed by atoms with Gasteiger partial charge in [0.25, 0.3) is 0 Å². The van der Waals surface area contributed by atoms with E-state index >= 15 is 0 Å². The lowest BCUT2D eigenvalue weighted by Crippen LogP contribution is -2.76. The van der Waals surface area contributed by atoms with Crippen LogP contribution in [-0.4, -0.2) is 30.4 Å². The fraction of sp³-hybridized carbons (Fsp3) is 0.500. The van der Waals surface area contributed by atoms with E-state index in [1.54, 1.807) is 11.1 Å². The second-order valence-electron chi connectivity index (χ2n) is 13.3. The molecule has 0 radical (unpaired) electrons. The lowest BCUT2D eigenvalue weighted by Gasteiger charge is -2.56. The number of aryl methyl sites for hydroxylation is 2. The van der Waals surface area contributed by atoms with Crippen molar-refractivity contribution in [3.63, 3.8) is 0 Å². The minimum absolute atomic E-state index is 1.21. The van der Waals surface area contributed by atoms with Crippen LogP contribution in [0.2, 0.25) is 57.4 Å². The van der Waals surface area contributed by atoms with Crippen LogP contribution < -0.4 is 0 Å². The molecule has 0 fully saturated rings. The maximum atomic E-state index is 2.76. The molecule has 196 valence electrons. The number of allylic oxidation sites excluding steroid dienone is 3. The molecule has 0 bridgehead atoms. The first-order valence-corrected chi connectivity index (χ1v) is 28.0. The molecular formula is C32H52Si4. The molecule has 0 nitrogen and oxygen atoms in total. The fourth-order valence-electron chi connectivity index (χ4n) is 8.18. The second kappa shape index (κ2) is 10.5. The van der Waals surface area contributed by atoms with Gasteiger partial charge >= 0.3 is 0 Å². The first-order valence-electron chi connectivity index (χ1n) is 14.4. The molecule has 1 heterocycles. The van der Waals surface area contributed by atoms with Crippen LogP contribution in [0.1, 0.15) is 56.4 Å². The summed E-state index contributed by atoms with van der Waals surface area (Å²) in [5.41, 5.74) is 9.15. The van der Waals surface area contributed by atoms with Crippen LogP contribution in [0.5, 0.6) is 0 Å². The van der Waals surface area contributed by atoms with Gasteiger partial charge in [-0.25, -0.2) is 0 Å². The van der Waals surface area contributed by atoms with Crippen molar-refractivity contribution in [2.24, 2.45) is 0 Å². The van der Waals surface area contributed by atoms with Gasteiger partial charge in [-0.1, -0.05) is 155 Å². The molecular weight excluding hydrogens is 497 g/mol. The van der Waals surface area contributed by atoms with Crippen molar-refractivity contribution in [1.29, 1.82) is 0 Å². The zero-order chi connectivity index (χ0) is 27.1.